The summed E-state index contributed by atoms with van der Waals surface area (Å²) in [4.78, 5) is 28.4. The fourth-order valence-electron chi connectivity index (χ4n) is 2.77. The van der Waals surface area contributed by atoms with Crippen LogP contribution in [0.4, 0.5) is 18.9 Å². The van der Waals surface area contributed by atoms with E-state index in [-0.39, 0.29) is 36.2 Å². The predicted octanol–water partition coefficient (Wildman–Crippen LogP) is 4.40. The van der Waals surface area contributed by atoms with Gasteiger partial charge < -0.3 is 15.4 Å². The van der Waals surface area contributed by atoms with E-state index in [9.17, 15) is 22.8 Å². The minimum atomic E-state index is -4.53. The average molecular weight is 513 g/mol. The van der Waals surface area contributed by atoms with Crippen molar-refractivity contribution in [3.05, 3.63) is 75.2 Å². The van der Waals surface area contributed by atoms with E-state index in [0.717, 1.165) is 5.56 Å². The number of thiazole rings is 1. The summed E-state index contributed by atoms with van der Waals surface area (Å²) in [6.45, 7) is 0.207. The third kappa shape index (κ3) is 8.56. The van der Waals surface area contributed by atoms with Crippen LogP contribution in [0.1, 0.15) is 21.1 Å². The molecule has 12 heteroatoms. The normalized spacial score (nSPS) is 11.1. The number of carbonyl (C=O) groups excluding carboxylic acids is 2. The minimum Gasteiger partial charge on any atom is -0.484 e. The van der Waals surface area contributed by atoms with Crippen LogP contribution in [0.2, 0.25) is 5.02 Å². The molecule has 0 unspecified atom stereocenters. The number of halogens is 4. The number of alkyl halides is 3. The van der Waals surface area contributed by atoms with Crippen molar-refractivity contribution in [2.75, 3.05) is 18.5 Å². The Balaban J connectivity index is 1.37. The molecule has 7 nitrogen and oxygen atoms in total. The van der Waals surface area contributed by atoms with Crippen LogP contribution in [0.5, 0.6) is 5.75 Å². The molecule has 2 aromatic carbocycles. The number of hydrogen-bond acceptors (Lipinski definition) is 6. The molecule has 3 rings (SSSR count). The van der Waals surface area contributed by atoms with Gasteiger partial charge in [-0.25, -0.2) is 4.98 Å². The van der Waals surface area contributed by atoms with Gasteiger partial charge in [0.05, 0.1) is 6.54 Å². The molecule has 2 amide bonds. The molecule has 0 fully saturated rings. The summed E-state index contributed by atoms with van der Waals surface area (Å²) in [5.41, 5.74) is 1.12. The standard InChI is InChI=1S/C22H20ClF3N4O3S/c23-15-3-1-2-14(10-15)8-9-27-21(32)18-13-34-20(29-18)11-28-19(31)12-33-17-6-4-16(5-7-17)30-22(24,25)26/h1-7,10,13,30H,8-9,11-12H2,(H,27,32)(H,28,31). The van der Waals surface area contributed by atoms with Gasteiger partial charge in [-0.1, -0.05) is 23.7 Å². The van der Waals surface area contributed by atoms with Crippen molar-refractivity contribution < 1.29 is 27.5 Å². The Labute approximate surface area is 202 Å². The van der Waals surface area contributed by atoms with Crippen molar-refractivity contribution in [1.29, 1.82) is 0 Å². The van der Waals surface area contributed by atoms with Crippen LogP contribution in [-0.2, 0) is 17.8 Å². The Bertz CT molecular complexity index is 1120. The highest BCUT2D eigenvalue weighted by Crippen LogP contribution is 2.22. The average Bonchev–Trinajstić information content (AvgIpc) is 3.25. The second kappa shape index (κ2) is 11.7. The van der Waals surface area contributed by atoms with Gasteiger partial charge in [0.25, 0.3) is 11.8 Å². The molecule has 3 aromatic rings. The maximum atomic E-state index is 12.3. The highest BCUT2D eigenvalue weighted by molar-refractivity contribution is 7.09. The zero-order chi connectivity index (χ0) is 24.6. The van der Waals surface area contributed by atoms with Gasteiger partial charge in [-0.2, -0.15) is 13.2 Å². The molecule has 34 heavy (non-hydrogen) atoms. The first kappa shape index (κ1) is 25.3. The first-order chi connectivity index (χ1) is 16.2. The van der Waals surface area contributed by atoms with Gasteiger partial charge in [-0.3, -0.25) is 14.9 Å². The van der Waals surface area contributed by atoms with Crippen molar-refractivity contribution >= 4 is 40.4 Å². The summed E-state index contributed by atoms with van der Waals surface area (Å²) in [6, 6.07) is 12.4. The molecular formula is C22H20ClF3N4O3S. The van der Waals surface area contributed by atoms with Gasteiger partial charge in [0, 0.05) is 22.6 Å². The van der Waals surface area contributed by atoms with Crippen LogP contribution >= 0.6 is 22.9 Å². The molecule has 0 bridgehead atoms. The lowest BCUT2D eigenvalue weighted by molar-refractivity contribution is -0.123. The predicted molar refractivity (Wildman–Crippen MR) is 123 cm³/mol. The number of nitrogens with zero attached hydrogens (tertiary/aromatic N) is 1. The number of amides is 2. The Morgan fingerprint density at radius 1 is 1.09 bits per heavy atom. The second-order valence-corrected chi connectivity index (χ2v) is 8.35. The van der Waals surface area contributed by atoms with Crippen molar-refractivity contribution in [2.24, 2.45) is 0 Å². The van der Waals surface area contributed by atoms with Gasteiger partial charge in [0.2, 0.25) is 0 Å². The summed E-state index contributed by atoms with van der Waals surface area (Å²) in [5.74, 6) is -0.517. The summed E-state index contributed by atoms with van der Waals surface area (Å²) in [5, 5.41) is 9.54. The fourth-order valence-corrected chi connectivity index (χ4v) is 3.70. The maximum Gasteiger partial charge on any atom is 0.482 e. The van der Waals surface area contributed by atoms with E-state index < -0.39 is 12.2 Å². The number of hydrogen-bond donors (Lipinski definition) is 3. The first-order valence-electron chi connectivity index (χ1n) is 9.99. The van der Waals surface area contributed by atoms with E-state index in [4.69, 9.17) is 16.3 Å². The highest BCUT2D eigenvalue weighted by atomic mass is 35.5. The third-order valence-corrected chi connectivity index (χ3v) is 5.40. The highest BCUT2D eigenvalue weighted by Gasteiger charge is 2.26. The fraction of sp³-hybridized carbons (Fsp3) is 0.227. The van der Waals surface area contributed by atoms with Gasteiger partial charge in [-0.15, -0.1) is 11.3 Å². The van der Waals surface area contributed by atoms with Crippen LogP contribution in [0.15, 0.2) is 53.9 Å². The maximum absolute atomic E-state index is 12.3. The van der Waals surface area contributed by atoms with Crippen LogP contribution in [0.25, 0.3) is 0 Å². The summed E-state index contributed by atoms with van der Waals surface area (Å²) < 4.78 is 42.1. The number of rotatable bonds is 10. The molecule has 0 aliphatic carbocycles. The SMILES string of the molecule is O=C(COc1ccc(NC(F)(F)F)cc1)NCc1nc(C(=O)NCCc2cccc(Cl)c2)cs1. The van der Waals surface area contributed by atoms with Crippen LogP contribution in [-0.4, -0.2) is 36.3 Å². The summed E-state index contributed by atoms with van der Waals surface area (Å²) in [7, 11) is 0. The third-order valence-electron chi connectivity index (χ3n) is 4.32. The lowest BCUT2D eigenvalue weighted by atomic mass is 10.1. The molecule has 0 aliphatic rings. The largest absolute Gasteiger partial charge is 0.484 e. The number of anilines is 1. The molecular weight excluding hydrogens is 493 g/mol. The van der Waals surface area contributed by atoms with E-state index >= 15 is 0 Å². The van der Waals surface area contributed by atoms with Crippen molar-refractivity contribution in [3.63, 3.8) is 0 Å². The smallest absolute Gasteiger partial charge is 0.482 e. The van der Waals surface area contributed by atoms with Crippen LogP contribution < -0.4 is 20.7 Å². The molecule has 1 heterocycles. The van der Waals surface area contributed by atoms with Gasteiger partial charge in [0.15, 0.2) is 6.61 Å². The number of benzene rings is 2. The lowest BCUT2D eigenvalue weighted by Crippen LogP contribution is -2.28. The Morgan fingerprint density at radius 3 is 2.56 bits per heavy atom. The molecule has 0 saturated carbocycles. The van der Waals surface area contributed by atoms with Crippen molar-refractivity contribution in [3.8, 4) is 5.75 Å². The number of nitrogens with one attached hydrogen (secondary N) is 3. The minimum absolute atomic E-state index is 0.108. The van der Waals surface area contributed by atoms with E-state index in [0.29, 0.717) is 23.0 Å². The molecule has 1 aromatic heterocycles. The molecule has 0 spiro atoms. The number of carbonyl (C=O) groups is 2. The molecule has 180 valence electrons. The van der Waals surface area contributed by atoms with Crippen molar-refractivity contribution in [1.82, 2.24) is 15.6 Å². The van der Waals surface area contributed by atoms with Gasteiger partial charge in [-0.05, 0) is 48.4 Å². The zero-order valence-electron chi connectivity index (χ0n) is 17.6. The molecule has 0 radical (unpaired) electrons. The summed E-state index contributed by atoms with van der Waals surface area (Å²) >= 11 is 7.17. The monoisotopic (exact) mass is 512 g/mol. The molecule has 0 saturated heterocycles. The van der Waals surface area contributed by atoms with Crippen molar-refractivity contribution in [2.45, 2.75) is 19.3 Å². The quantitative estimate of drug-likeness (QED) is 0.350. The molecule has 0 atom stereocenters. The summed E-state index contributed by atoms with van der Waals surface area (Å²) in [6.07, 6.45) is -3.91. The Morgan fingerprint density at radius 2 is 1.85 bits per heavy atom. The Kier molecular flexibility index (Phi) is 8.72. The molecule has 0 aliphatic heterocycles. The molecule has 3 N–H and O–H groups in total. The van der Waals surface area contributed by atoms with Crippen LogP contribution in [0.3, 0.4) is 0 Å². The van der Waals surface area contributed by atoms with Crippen LogP contribution in [0, 0.1) is 0 Å². The first-order valence-corrected chi connectivity index (χ1v) is 11.3. The number of aromatic nitrogens is 1. The lowest BCUT2D eigenvalue weighted by Gasteiger charge is -2.11. The van der Waals surface area contributed by atoms with E-state index in [1.165, 1.54) is 40.9 Å². The topological polar surface area (TPSA) is 92.3 Å². The van der Waals surface area contributed by atoms with Gasteiger partial charge >= 0.3 is 6.30 Å². The van der Waals surface area contributed by atoms with E-state index in [1.807, 2.05) is 18.2 Å². The second-order valence-electron chi connectivity index (χ2n) is 6.97. The Hall–Kier alpha value is -3.31. The van der Waals surface area contributed by atoms with Gasteiger partial charge in [0.1, 0.15) is 16.5 Å². The number of ether oxygens (including phenoxy) is 1. The zero-order valence-corrected chi connectivity index (χ0v) is 19.2. The van der Waals surface area contributed by atoms with E-state index in [1.54, 1.807) is 11.4 Å². The van der Waals surface area contributed by atoms with E-state index in [2.05, 4.69) is 15.6 Å².